The molecule has 5 nitrogen and oxygen atoms in total. The lowest BCUT2D eigenvalue weighted by molar-refractivity contribution is 0.718. The number of fused-ring (bicyclic) bond motifs is 1. The van der Waals surface area contributed by atoms with Crippen molar-refractivity contribution in [1.29, 1.82) is 0 Å². The Hall–Kier alpha value is -2.14. The van der Waals surface area contributed by atoms with Gasteiger partial charge in [-0.15, -0.1) is 0 Å². The fourth-order valence-corrected chi connectivity index (χ4v) is 3.28. The van der Waals surface area contributed by atoms with Crippen LogP contribution in [0.2, 0.25) is 0 Å². The number of aromatic nitrogens is 2. The molecule has 2 aliphatic heterocycles. The standard InChI is InChI=1S/C17H21N5/c1-2-4-14-11-22(8-6-13(14)3-1)17-9-16(19-12-20-17)21-15-5-7-18-10-15/h1-4,9,12,15,18H,5-8,10-11H2,(H,19,20,21)/t15-/m1/s1. The molecule has 1 aromatic heterocycles. The maximum atomic E-state index is 4.47. The first kappa shape index (κ1) is 13.5. The molecule has 22 heavy (non-hydrogen) atoms. The van der Waals surface area contributed by atoms with E-state index in [0.717, 1.165) is 50.7 Å². The van der Waals surface area contributed by atoms with Crippen LogP contribution in [-0.4, -0.2) is 35.6 Å². The molecular weight excluding hydrogens is 274 g/mol. The van der Waals surface area contributed by atoms with Crippen LogP contribution in [-0.2, 0) is 13.0 Å². The van der Waals surface area contributed by atoms with Gasteiger partial charge in [0.15, 0.2) is 0 Å². The Morgan fingerprint density at radius 1 is 1.18 bits per heavy atom. The van der Waals surface area contributed by atoms with Gasteiger partial charge in [0, 0.05) is 31.7 Å². The zero-order valence-corrected chi connectivity index (χ0v) is 12.6. The molecule has 0 radical (unpaired) electrons. The minimum Gasteiger partial charge on any atom is -0.366 e. The zero-order chi connectivity index (χ0) is 14.8. The van der Waals surface area contributed by atoms with Gasteiger partial charge in [0.2, 0.25) is 0 Å². The molecule has 0 amide bonds. The van der Waals surface area contributed by atoms with Gasteiger partial charge in [-0.05, 0) is 30.5 Å². The summed E-state index contributed by atoms with van der Waals surface area (Å²) in [5, 5.41) is 6.86. The van der Waals surface area contributed by atoms with Crippen molar-refractivity contribution in [3.63, 3.8) is 0 Å². The lowest BCUT2D eigenvalue weighted by Crippen LogP contribution is -2.31. The van der Waals surface area contributed by atoms with Crippen molar-refractivity contribution in [1.82, 2.24) is 15.3 Å². The summed E-state index contributed by atoms with van der Waals surface area (Å²) in [6.07, 6.45) is 3.90. The van der Waals surface area contributed by atoms with Crippen molar-refractivity contribution in [3.8, 4) is 0 Å². The van der Waals surface area contributed by atoms with Crippen molar-refractivity contribution in [3.05, 3.63) is 47.8 Å². The number of anilines is 2. The lowest BCUT2D eigenvalue weighted by atomic mass is 10.00. The van der Waals surface area contributed by atoms with Gasteiger partial charge in [0.25, 0.3) is 0 Å². The third kappa shape index (κ3) is 2.76. The Labute approximate surface area is 130 Å². The second-order valence-electron chi connectivity index (χ2n) is 6.04. The molecule has 114 valence electrons. The second-order valence-corrected chi connectivity index (χ2v) is 6.04. The zero-order valence-electron chi connectivity index (χ0n) is 12.6. The fourth-order valence-electron chi connectivity index (χ4n) is 3.28. The Morgan fingerprint density at radius 3 is 2.95 bits per heavy atom. The molecule has 5 heteroatoms. The molecule has 2 aromatic rings. The first-order valence-electron chi connectivity index (χ1n) is 7.99. The Morgan fingerprint density at radius 2 is 2.09 bits per heavy atom. The Balaban J connectivity index is 1.51. The number of nitrogens with zero attached hydrogens (tertiary/aromatic N) is 3. The van der Waals surface area contributed by atoms with E-state index in [1.54, 1.807) is 6.33 Å². The van der Waals surface area contributed by atoms with E-state index in [-0.39, 0.29) is 0 Å². The van der Waals surface area contributed by atoms with Crippen molar-refractivity contribution in [2.75, 3.05) is 29.9 Å². The van der Waals surface area contributed by atoms with Crippen LogP contribution < -0.4 is 15.5 Å². The largest absolute Gasteiger partial charge is 0.366 e. The molecule has 1 atom stereocenters. The average molecular weight is 295 g/mol. The number of benzene rings is 1. The normalized spacial score (nSPS) is 20.7. The van der Waals surface area contributed by atoms with Crippen molar-refractivity contribution >= 4 is 11.6 Å². The van der Waals surface area contributed by atoms with E-state index >= 15 is 0 Å². The predicted octanol–water partition coefficient (Wildman–Crippen LogP) is 1.81. The lowest BCUT2D eigenvalue weighted by Gasteiger charge is -2.30. The van der Waals surface area contributed by atoms with Crippen molar-refractivity contribution in [2.45, 2.75) is 25.4 Å². The molecule has 1 saturated heterocycles. The highest BCUT2D eigenvalue weighted by molar-refractivity contribution is 5.51. The van der Waals surface area contributed by atoms with Crippen LogP contribution in [0.25, 0.3) is 0 Å². The summed E-state index contributed by atoms with van der Waals surface area (Å²) in [5.41, 5.74) is 2.87. The molecule has 0 unspecified atom stereocenters. The minimum absolute atomic E-state index is 0.477. The minimum atomic E-state index is 0.477. The molecule has 4 rings (SSSR count). The summed E-state index contributed by atoms with van der Waals surface area (Å²) in [4.78, 5) is 11.2. The van der Waals surface area contributed by atoms with E-state index in [1.807, 2.05) is 0 Å². The maximum Gasteiger partial charge on any atom is 0.134 e. The van der Waals surface area contributed by atoms with E-state index in [2.05, 4.69) is 55.8 Å². The van der Waals surface area contributed by atoms with Crippen LogP contribution in [0.4, 0.5) is 11.6 Å². The number of nitrogens with one attached hydrogen (secondary N) is 2. The maximum absolute atomic E-state index is 4.47. The first-order chi connectivity index (χ1) is 10.9. The van der Waals surface area contributed by atoms with Gasteiger partial charge in [-0.1, -0.05) is 24.3 Å². The smallest absolute Gasteiger partial charge is 0.134 e. The van der Waals surface area contributed by atoms with Crippen LogP contribution in [0.1, 0.15) is 17.5 Å². The van der Waals surface area contributed by atoms with Crippen LogP contribution in [0.5, 0.6) is 0 Å². The first-order valence-corrected chi connectivity index (χ1v) is 7.99. The highest BCUT2D eigenvalue weighted by Gasteiger charge is 2.19. The highest BCUT2D eigenvalue weighted by Crippen LogP contribution is 2.24. The van der Waals surface area contributed by atoms with Crippen molar-refractivity contribution in [2.24, 2.45) is 0 Å². The summed E-state index contributed by atoms with van der Waals surface area (Å²) in [7, 11) is 0. The topological polar surface area (TPSA) is 53.1 Å². The van der Waals surface area contributed by atoms with E-state index in [0.29, 0.717) is 6.04 Å². The monoisotopic (exact) mass is 295 g/mol. The molecule has 0 saturated carbocycles. The molecular formula is C17H21N5. The summed E-state index contributed by atoms with van der Waals surface area (Å²) >= 11 is 0. The van der Waals surface area contributed by atoms with Crippen molar-refractivity contribution < 1.29 is 0 Å². The molecule has 1 aromatic carbocycles. The molecule has 0 aliphatic carbocycles. The Bertz CT molecular complexity index is 651. The summed E-state index contributed by atoms with van der Waals surface area (Å²) in [6.45, 7) is 4.03. The number of hydrogen-bond donors (Lipinski definition) is 2. The van der Waals surface area contributed by atoms with Crippen LogP contribution in [0, 0.1) is 0 Å². The van der Waals surface area contributed by atoms with Gasteiger partial charge in [-0.25, -0.2) is 9.97 Å². The molecule has 0 bridgehead atoms. The fraction of sp³-hybridized carbons (Fsp3) is 0.412. The van der Waals surface area contributed by atoms with Crippen LogP contribution in [0.15, 0.2) is 36.7 Å². The van der Waals surface area contributed by atoms with E-state index < -0.39 is 0 Å². The van der Waals surface area contributed by atoms with Gasteiger partial charge in [0.05, 0.1) is 0 Å². The third-order valence-corrected chi connectivity index (χ3v) is 4.52. The highest BCUT2D eigenvalue weighted by atomic mass is 15.2. The summed E-state index contributed by atoms with van der Waals surface area (Å²) < 4.78 is 0. The molecule has 0 spiro atoms. The number of hydrogen-bond acceptors (Lipinski definition) is 5. The third-order valence-electron chi connectivity index (χ3n) is 4.52. The van der Waals surface area contributed by atoms with E-state index in [1.165, 1.54) is 11.1 Å². The Kier molecular flexibility index (Phi) is 3.64. The second kappa shape index (κ2) is 5.93. The molecule has 3 heterocycles. The summed E-state index contributed by atoms with van der Waals surface area (Å²) in [5.74, 6) is 1.94. The molecule has 2 N–H and O–H groups in total. The average Bonchev–Trinajstić information content (AvgIpc) is 3.08. The van der Waals surface area contributed by atoms with Crippen LogP contribution >= 0.6 is 0 Å². The van der Waals surface area contributed by atoms with Gasteiger partial charge < -0.3 is 15.5 Å². The van der Waals surface area contributed by atoms with E-state index in [9.17, 15) is 0 Å². The van der Waals surface area contributed by atoms with Crippen LogP contribution in [0.3, 0.4) is 0 Å². The molecule has 1 fully saturated rings. The molecule has 2 aliphatic rings. The number of rotatable bonds is 3. The quantitative estimate of drug-likeness (QED) is 0.904. The van der Waals surface area contributed by atoms with E-state index in [4.69, 9.17) is 0 Å². The van der Waals surface area contributed by atoms with Gasteiger partial charge >= 0.3 is 0 Å². The van der Waals surface area contributed by atoms with Gasteiger partial charge in [-0.2, -0.15) is 0 Å². The predicted molar refractivity (Wildman–Crippen MR) is 88.1 cm³/mol. The SMILES string of the molecule is c1ccc2c(c1)CCN(c1cc(N[C@@H]3CCNC3)ncn1)C2. The van der Waals surface area contributed by atoms with Gasteiger partial charge in [-0.3, -0.25) is 0 Å². The summed E-state index contributed by atoms with van der Waals surface area (Å²) in [6, 6.07) is 11.2. The van der Waals surface area contributed by atoms with Gasteiger partial charge in [0.1, 0.15) is 18.0 Å².